The van der Waals surface area contributed by atoms with Crippen molar-refractivity contribution < 1.29 is 28.0 Å². The summed E-state index contributed by atoms with van der Waals surface area (Å²) < 4.78 is 27.3. The lowest BCUT2D eigenvalue weighted by Crippen LogP contribution is -2.59. The molecule has 0 saturated heterocycles. The van der Waals surface area contributed by atoms with Crippen molar-refractivity contribution in [3.63, 3.8) is 0 Å². The highest BCUT2D eigenvalue weighted by Crippen LogP contribution is 2.46. The van der Waals surface area contributed by atoms with Gasteiger partial charge in [-0.15, -0.1) is 0 Å². The number of phenols is 1. The molecule has 0 spiro atoms. The molecule has 1 unspecified atom stereocenters. The van der Waals surface area contributed by atoms with Crippen molar-refractivity contribution in [2.24, 2.45) is 0 Å². The number of aromatic hydroxyl groups is 1. The van der Waals surface area contributed by atoms with E-state index in [0.29, 0.717) is 34.6 Å². The summed E-state index contributed by atoms with van der Waals surface area (Å²) in [5, 5.41) is 10.0. The maximum atomic E-state index is 14.2. The first-order valence-electron chi connectivity index (χ1n) is 13.5. The summed E-state index contributed by atoms with van der Waals surface area (Å²) in [4.78, 5) is 35.4. The van der Waals surface area contributed by atoms with Crippen LogP contribution in [-0.2, 0) is 26.3 Å². The van der Waals surface area contributed by atoms with Gasteiger partial charge in [0, 0.05) is 22.7 Å². The molecule has 41 heavy (non-hydrogen) atoms. The van der Waals surface area contributed by atoms with Crippen LogP contribution in [0.3, 0.4) is 0 Å². The van der Waals surface area contributed by atoms with Crippen molar-refractivity contribution in [2.75, 3.05) is 6.26 Å². The van der Waals surface area contributed by atoms with Gasteiger partial charge in [0.25, 0.3) is 11.8 Å². The molecule has 5 rings (SSSR count). The van der Waals surface area contributed by atoms with Gasteiger partial charge >= 0.3 is 0 Å². The second kappa shape index (κ2) is 12.2. The standard InChI is InChI=1S/C30H32ClN3O6S/c1-41(38,39)33-25-8-4-5-9-26(25)34-28(20-12-14-21(31)15-13-20)27(23-6-2-3-7-24(23)30(34)37)29(36)32-40-18-19-10-16-22(35)17-11-19/h2-3,6-7,10-17,25-28,33,35H,4-5,8-9,18H2,1H3,(H,32,36)/t25-,26?,27+,28-/m0/s1. The fourth-order valence-corrected chi connectivity index (χ4v) is 6.87. The molecular weight excluding hydrogens is 566 g/mol. The first-order valence-corrected chi connectivity index (χ1v) is 15.7. The maximum absolute atomic E-state index is 14.2. The van der Waals surface area contributed by atoms with E-state index in [-0.39, 0.29) is 18.3 Å². The Morgan fingerprint density at radius 1 is 1.02 bits per heavy atom. The van der Waals surface area contributed by atoms with E-state index >= 15 is 0 Å². The van der Waals surface area contributed by atoms with Crippen LogP contribution in [0.15, 0.2) is 72.8 Å². The van der Waals surface area contributed by atoms with E-state index in [4.69, 9.17) is 16.4 Å². The minimum atomic E-state index is -3.55. The van der Waals surface area contributed by atoms with E-state index in [2.05, 4.69) is 10.2 Å². The van der Waals surface area contributed by atoms with Gasteiger partial charge in [-0.2, -0.15) is 0 Å². The Hall–Kier alpha value is -3.44. The maximum Gasteiger partial charge on any atom is 0.255 e. The Bertz CT molecular complexity index is 1510. The molecule has 1 aliphatic heterocycles. The predicted octanol–water partition coefficient (Wildman–Crippen LogP) is 4.43. The lowest BCUT2D eigenvalue weighted by molar-refractivity contribution is -0.138. The third-order valence-electron chi connectivity index (χ3n) is 7.67. The van der Waals surface area contributed by atoms with Crippen molar-refractivity contribution in [1.29, 1.82) is 0 Å². The van der Waals surface area contributed by atoms with E-state index in [1.165, 1.54) is 12.1 Å². The Balaban J connectivity index is 1.55. The van der Waals surface area contributed by atoms with E-state index in [1.54, 1.807) is 65.6 Å². The van der Waals surface area contributed by atoms with Crippen LogP contribution in [0.25, 0.3) is 0 Å². The fourth-order valence-electron chi connectivity index (χ4n) is 5.92. The summed E-state index contributed by atoms with van der Waals surface area (Å²) in [6.45, 7) is 0.0671. The molecule has 0 aromatic heterocycles. The van der Waals surface area contributed by atoms with Gasteiger partial charge < -0.3 is 10.0 Å². The van der Waals surface area contributed by atoms with Crippen LogP contribution in [0.1, 0.15) is 64.7 Å². The molecule has 2 aliphatic rings. The van der Waals surface area contributed by atoms with E-state index in [0.717, 1.165) is 24.7 Å². The first kappa shape index (κ1) is 29.1. The molecule has 216 valence electrons. The van der Waals surface area contributed by atoms with Crippen molar-refractivity contribution in [2.45, 2.75) is 56.3 Å². The predicted molar refractivity (Wildman–Crippen MR) is 155 cm³/mol. The van der Waals surface area contributed by atoms with Gasteiger partial charge in [0.2, 0.25) is 10.0 Å². The lowest BCUT2D eigenvalue weighted by Gasteiger charge is -2.49. The molecule has 3 N–H and O–H groups in total. The van der Waals surface area contributed by atoms with E-state index < -0.39 is 40.0 Å². The number of phenolic OH excluding ortho intramolecular Hbond substituents is 1. The van der Waals surface area contributed by atoms with Crippen LogP contribution in [0.2, 0.25) is 5.02 Å². The van der Waals surface area contributed by atoms with Gasteiger partial charge in [-0.1, -0.05) is 66.9 Å². The zero-order valence-corrected chi connectivity index (χ0v) is 24.1. The number of sulfonamides is 1. The summed E-state index contributed by atoms with van der Waals surface area (Å²) in [6, 6.07) is 18.7. The number of nitrogens with zero attached hydrogens (tertiary/aromatic N) is 1. The molecule has 9 nitrogen and oxygen atoms in total. The molecule has 2 amide bonds. The number of carbonyl (C=O) groups excluding carboxylic acids is 2. The summed E-state index contributed by atoms with van der Waals surface area (Å²) in [5.74, 6) is -1.44. The molecule has 4 atom stereocenters. The van der Waals surface area contributed by atoms with Crippen molar-refractivity contribution in [3.05, 3.63) is 100 Å². The van der Waals surface area contributed by atoms with Crippen LogP contribution < -0.4 is 10.2 Å². The number of benzene rings is 3. The number of hydroxylamine groups is 1. The van der Waals surface area contributed by atoms with Crippen LogP contribution in [0.4, 0.5) is 0 Å². The molecule has 11 heteroatoms. The fraction of sp³-hybridized carbons (Fsp3) is 0.333. The van der Waals surface area contributed by atoms with Crippen molar-refractivity contribution in [1.82, 2.24) is 15.1 Å². The van der Waals surface area contributed by atoms with Gasteiger partial charge in [-0.3, -0.25) is 14.4 Å². The SMILES string of the molecule is CS(=O)(=O)N[C@H]1CCCCC1N1C(=O)c2ccccc2[C@@H](C(=O)NOCc2ccc(O)cc2)[C@@H]1c1ccc(Cl)cc1. The van der Waals surface area contributed by atoms with Gasteiger partial charge in [0.05, 0.1) is 24.8 Å². The van der Waals surface area contributed by atoms with Gasteiger partial charge in [-0.25, -0.2) is 18.6 Å². The van der Waals surface area contributed by atoms with Crippen LogP contribution in [0, 0.1) is 0 Å². The Morgan fingerprint density at radius 2 is 1.71 bits per heavy atom. The quantitative estimate of drug-likeness (QED) is 0.330. The van der Waals surface area contributed by atoms with E-state index in [9.17, 15) is 23.1 Å². The van der Waals surface area contributed by atoms with Crippen LogP contribution in [0.5, 0.6) is 5.75 Å². The molecular formula is C30H32ClN3O6S. The highest BCUT2D eigenvalue weighted by molar-refractivity contribution is 7.88. The summed E-state index contributed by atoms with van der Waals surface area (Å²) in [5.41, 5.74) is 4.97. The molecule has 0 bridgehead atoms. The number of amides is 2. The average molecular weight is 598 g/mol. The van der Waals surface area contributed by atoms with Crippen LogP contribution in [-0.4, -0.2) is 48.6 Å². The molecule has 1 saturated carbocycles. The number of nitrogens with one attached hydrogen (secondary N) is 2. The molecule has 1 fully saturated rings. The normalized spacial score (nSPS) is 22.7. The Morgan fingerprint density at radius 3 is 2.41 bits per heavy atom. The third kappa shape index (κ3) is 6.56. The Kier molecular flexibility index (Phi) is 8.65. The van der Waals surface area contributed by atoms with Crippen LogP contribution >= 0.6 is 11.6 Å². The monoisotopic (exact) mass is 597 g/mol. The smallest absolute Gasteiger partial charge is 0.255 e. The second-order valence-electron chi connectivity index (χ2n) is 10.5. The van der Waals surface area contributed by atoms with Gasteiger partial charge in [-0.05, 0) is 59.9 Å². The molecule has 1 aliphatic carbocycles. The number of rotatable bonds is 8. The number of hydrogen-bond acceptors (Lipinski definition) is 6. The zero-order valence-electron chi connectivity index (χ0n) is 22.5. The number of halogens is 1. The molecule has 3 aromatic carbocycles. The third-order valence-corrected chi connectivity index (χ3v) is 8.65. The number of carbonyl (C=O) groups is 2. The second-order valence-corrected chi connectivity index (χ2v) is 12.8. The average Bonchev–Trinajstić information content (AvgIpc) is 2.94. The largest absolute Gasteiger partial charge is 0.508 e. The summed E-state index contributed by atoms with van der Waals surface area (Å²) in [7, 11) is -3.55. The minimum absolute atomic E-state index is 0.0671. The van der Waals surface area contributed by atoms with Crippen molar-refractivity contribution >= 4 is 33.4 Å². The van der Waals surface area contributed by atoms with Gasteiger partial charge in [0.15, 0.2) is 0 Å². The highest BCUT2D eigenvalue weighted by Gasteiger charge is 2.49. The zero-order chi connectivity index (χ0) is 29.1. The highest BCUT2D eigenvalue weighted by atomic mass is 35.5. The summed E-state index contributed by atoms with van der Waals surface area (Å²) in [6.07, 6.45) is 3.91. The molecule has 1 heterocycles. The Labute approximate surface area is 244 Å². The first-order chi connectivity index (χ1) is 19.6. The van der Waals surface area contributed by atoms with E-state index in [1.807, 2.05) is 0 Å². The molecule has 3 aromatic rings. The molecule has 0 radical (unpaired) electrons. The lowest BCUT2D eigenvalue weighted by atomic mass is 9.76. The minimum Gasteiger partial charge on any atom is -0.508 e. The van der Waals surface area contributed by atoms with Gasteiger partial charge in [0.1, 0.15) is 5.75 Å². The summed E-state index contributed by atoms with van der Waals surface area (Å²) >= 11 is 6.20. The number of hydrogen-bond donors (Lipinski definition) is 3. The number of fused-ring (bicyclic) bond motifs is 1. The topological polar surface area (TPSA) is 125 Å². The van der Waals surface area contributed by atoms with Crippen molar-refractivity contribution in [3.8, 4) is 5.75 Å².